The summed E-state index contributed by atoms with van der Waals surface area (Å²) in [5, 5.41) is 18.9. The fourth-order valence-corrected chi connectivity index (χ4v) is 1.56. The van der Waals surface area contributed by atoms with E-state index in [1.54, 1.807) is 0 Å². The minimum absolute atomic E-state index is 0.104. The van der Waals surface area contributed by atoms with Crippen molar-refractivity contribution in [2.45, 2.75) is 19.9 Å². The SMILES string of the molecule is CCOC(=O)C(C=N[C@H](C)CO)=C(O)c1cc(F)c(F)c(F)c1F. The number of aliphatic hydroxyl groups excluding tert-OH is 2. The van der Waals surface area contributed by atoms with Crippen molar-refractivity contribution in [3.05, 3.63) is 40.5 Å². The fourth-order valence-electron chi connectivity index (χ4n) is 1.56. The summed E-state index contributed by atoms with van der Waals surface area (Å²) in [5.74, 6) is -10.1. The van der Waals surface area contributed by atoms with Crippen molar-refractivity contribution in [1.82, 2.24) is 0 Å². The van der Waals surface area contributed by atoms with Gasteiger partial charge in [0.05, 0.1) is 24.8 Å². The van der Waals surface area contributed by atoms with Crippen LogP contribution in [0.3, 0.4) is 0 Å². The largest absolute Gasteiger partial charge is 0.506 e. The van der Waals surface area contributed by atoms with Gasteiger partial charge in [0.1, 0.15) is 11.3 Å². The first-order chi connectivity index (χ1) is 11.2. The molecule has 1 aromatic carbocycles. The Morgan fingerprint density at radius 2 is 1.92 bits per heavy atom. The fraction of sp³-hybridized carbons (Fsp3) is 0.333. The molecule has 1 rings (SSSR count). The van der Waals surface area contributed by atoms with E-state index in [1.165, 1.54) is 13.8 Å². The van der Waals surface area contributed by atoms with Crippen LogP contribution in [0, 0.1) is 23.3 Å². The molecule has 1 atom stereocenters. The summed E-state index contributed by atoms with van der Waals surface area (Å²) < 4.78 is 57.9. The van der Waals surface area contributed by atoms with Gasteiger partial charge in [0, 0.05) is 6.21 Å². The van der Waals surface area contributed by atoms with E-state index in [1.807, 2.05) is 0 Å². The third-order valence-corrected chi connectivity index (χ3v) is 2.83. The van der Waals surface area contributed by atoms with Crippen LogP contribution < -0.4 is 0 Å². The lowest BCUT2D eigenvalue weighted by Crippen LogP contribution is -2.14. The number of aliphatic hydroxyl groups is 2. The van der Waals surface area contributed by atoms with Crippen molar-refractivity contribution in [3.8, 4) is 0 Å². The van der Waals surface area contributed by atoms with Crippen LogP contribution >= 0.6 is 0 Å². The lowest BCUT2D eigenvalue weighted by Gasteiger charge is -2.09. The summed E-state index contributed by atoms with van der Waals surface area (Å²) in [6.45, 7) is 2.43. The lowest BCUT2D eigenvalue weighted by molar-refractivity contribution is -0.137. The third-order valence-electron chi connectivity index (χ3n) is 2.83. The van der Waals surface area contributed by atoms with Gasteiger partial charge in [-0.25, -0.2) is 22.4 Å². The van der Waals surface area contributed by atoms with E-state index in [-0.39, 0.29) is 19.3 Å². The molecule has 132 valence electrons. The number of carbonyl (C=O) groups excluding carboxylic acids is 1. The van der Waals surface area contributed by atoms with E-state index < -0.39 is 52.2 Å². The first-order valence-electron chi connectivity index (χ1n) is 6.82. The van der Waals surface area contributed by atoms with E-state index in [9.17, 15) is 27.5 Å². The predicted molar refractivity (Wildman–Crippen MR) is 77.5 cm³/mol. The van der Waals surface area contributed by atoms with Gasteiger partial charge in [-0.3, -0.25) is 4.99 Å². The lowest BCUT2D eigenvalue weighted by atomic mass is 10.1. The van der Waals surface area contributed by atoms with Crippen LogP contribution in [0.4, 0.5) is 17.6 Å². The quantitative estimate of drug-likeness (QED) is 0.157. The molecular formula is C15H15F4NO4. The first-order valence-corrected chi connectivity index (χ1v) is 6.82. The molecule has 0 aromatic heterocycles. The normalized spacial score (nSPS) is 13.8. The highest BCUT2D eigenvalue weighted by molar-refractivity contribution is 6.15. The molecule has 0 unspecified atom stereocenters. The second kappa shape index (κ2) is 8.44. The summed E-state index contributed by atoms with van der Waals surface area (Å²) in [7, 11) is 0. The van der Waals surface area contributed by atoms with Crippen LogP contribution in [0.25, 0.3) is 5.76 Å². The maximum Gasteiger partial charge on any atom is 0.343 e. The molecule has 5 nitrogen and oxygen atoms in total. The van der Waals surface area contributed by atoms with Gasteiger partial charge in [0.25, 0.3) is 0 Å². The number of aliphatic imine (C=N–C) groups is 1. The Balaban J connectivity index is 3.53. The number of carbonyl (C=O) groups is 1. The first kappa shape index (κ1) is 19.6. The van der Waals surface area contributed by atoms with Crippen LogP contribution in [0.5, 0.6) is 0 Å². The number of hydrogen-bond donors (Lipinski definition) is 2. The second-order valence-electron chi connectivity index (χ2n) is 4.64. The van der Waals surface area contributed by atoms with Crippen LogP contribution in [0.1, 0.15) is 19.4 Å². The molecule has 24 heavy (non-hydrogen) atoms. The monoisotopic (exact) mass is 349 g/mol. The standard InChI is InChI=1S/C15H15F4NO4/c1-3-24-15(23)9(5-20-7(2)6-21)14(22)8-4-10(16)12(18)13(19)11(8)17/h4-5,7,21-22H,3,6H2,1-2H3/t7-/m1/s1. The van der Waals surface area contributed by atoms with Gasteiger partial charge in [0.2, 0.25) is 0 Å². The molecule has 0 aliphatic carbocycles. The molecule has 0 amide bonds. The van der Waals surface area contributed by atoms with Crippen LogP contribution in [0.2, 0.25) is 0 Å². The summed E-state index contributed by atoms with van der Waals surface area (Å²) in [6, 6.07) is -0.472. The van der Waals surface area contributed by atoms with Crippen molar-refractivity contribution in [1.29, 1.82) is 0 Å². The summed E-state index contributed by atoms with van der Waals surface area (Å²) in [4.78, 5) is 15.5. The second-order valence-corrected chi connectivity index (χ2v) is 4.64. The highest BCUT2D eigenvalue weighted by Gasteiger charge is 2.25. The Bertz CT molecular complexity index is 689. The summed E-state index contributed by atoms with van der Waals surface area (Å²) >= 11 is 0. The zero-order valence-corrected chi connectivity index (χ0v) is 12.8. The van der Waals surface area contributed by atoms with E-state index in [0.29, 0.717) is 0 Å². The van der Waals surface area contributed by atoms with Gasteiger partial charge in [-0.2, -0.15) is 0 Å². The molecule has 0 aliphatic rings. The number of benzene rings is 1. The van der Waals surface area contributed by atoms with Gasteiger partial charge in [-0.1, -0.05) is 0 Å². The molecule has 0 heterocycles. The number of halogens is 4. The Morgan fingerprint density at radius 1 is 1.29 bits per heavy atom. The molecule has 0 spiro atoms. The van der Waals surface area contributed by atoms with Gasteiger partial charge in [-0.15, -0.1) is 0 Å². The van der Waals surface area contributed by atoms with E-state index in [4.69, 9.17) is 5.11 Å². The molecule has 0 fully saturated rings. The Hall–Kier alpha value is -2.42. The third kappa shape index (κ3) is 4.31. The van der Waals surface area contributed by atoms with E-state index >= 15 is 0 Å². The molecule has 0 saturated carbocycles. The smallest absolute Gasteiger partial charge is 0.343 e. The van der Waals surface area contributed by atoms with Gasteiger partial charge in [0.15, 0.2) is 23.3 Å². The zero-order chi connectivity index (χ0) is 18.4. The number of nitrogens with zero attached hydrogens (tertiary/aromatic N) is 1. The maximum absolute atomic E-state index is 13.8. The highest BCUT2D eigenvalue weighted by atomic mass is 19.2. The molecule has 2 N–H and O–H groups in total. The zero-order valence-electron chi connectivity index (χ0n) is 12.8. The Morgan fingerprint density at radius 3 is 2.46 bits per heavy atom. The maximum atomic E-state index is 13.8. The molecule has 9 heteroatoms. The molecular weight excluding hydrogens is 334 g/mol. The van der Waals surface area contributed by atoms with Crippen molar-refractivity contribution in [2.24, 2.45) is 4.99 Å². The van der Waals surface area contributed by atoms with Gasteiger partial charge in [-0.05, 0) is 19.9 Å². The number of esters is 1. The van der Waals surface area contributed by atoms with Crippen LogP contribution in [-0.4, -0.2) is 41.7 Å². The van der Waals surface area contributed by atoms with Crippen molar-refractivity contribution >= 4 is 17.9 Å². The Kier molecular flexibility index (Phi) is 6.90. The average molecular weight is 349 g/mol. The molecule has 0 bridgehead atoms. The summed E-state index contributed by atoms with van der Waals surface area (Å²) in [6.07, 6.45) is 0.771. The predicted octanol–water partition coefficient (Wildman–Crippen LogP) is 2.53. The van der Waals surface area contributed by atoms with Crippen molar-refractivity contribution < 1.29 is 37.3 Å². The minimum atomic E-state index is -2.14. The number of rotatable bonds is 6. The van der Waals surface area contributed by atoms with E-state index in [2.05, 4.69) is 9.73 Å². The average Bonchev–Trinajstić information content (AvgIpc) is 2.56. The van der Waals surface area contributed by atoms with Crippen LogP contribution in [0.15, 0.2) is 16.6 Å². The summed E-state index contributed by atoms with van der Waals surface area (Å²) in [5.41, 5.74) is -1.78. The minimum Gasteiger partial charge on any atom is -0.506 e. The van der Waals surface area contributed by atoms with Crippen LogP contribution in [-0.2, 0) is 9.53 Å². The molecule has 0 saturated heterocycles. The van der Waals surface area contributed by atoms with Gasteiger partial charge >= 0.3 is 5.97 Å². The van der Waals surface area contributed by atoms with Gasteiger partial charge < -0.3 is 14.9 Å². The van der Waals surface area contributed by atoms with E-state index in [0.717, 1.165) is 6.21 Å². The Labute approximate surface area is 134 Å². The number of hydrogen-bond acceptors (Lipinski definition) is 5. The van der Waals surface area contributed by atoms with Crippen molar-refractivity contribution in [2.75, 3.05) is 13.2 Å². The topological polar surface area (TPSA) is 79.1 Å². The molecule has 0 aliphatic heterocycles. The number of ether oxygens (including phenoxy) is 1. The molecule has 0 radical (unpaired) electrons. The molecule has 1 aromatic rings. The van der Waals surface area contributed by atoms with Crippen molar-refractivity contribution in [3.63, 3.8) is 0 Å². The highest BCUT2D eigenvalue weighted by Crippen LogP contribution is 2.25.